The third-order valence-electron chi connectivity index (χ3n) is 1.60. The van der Waals surface area contributed by atoms with E-state index in [0.29, 0.717) is 11.8 Å². The molecule has 1 aromatic rings. The first-order valence-corrected chi connectivity index (χ1v) is 4.99. The van der Waals surface area contributed by atoms with Gasteiger partial charge in [0.05, 0.1) is 6.08 Å². The van der Waals surface area contributed by atoms with Crippen LogP contribution in [0.1, 0.15) is 0 Å². The third kappa shape index (κ3) is 3.74. The Morgan fingerprint density at radius 2 is 2.00 bits per heavy atom. The molecule has 5 nitrogen and oxygen atoms in total. The maximum atomic E-state index is 10.7. The Kier molecular flexibility index (Phi) is 4.07. The van der Waals surface area contributed by atoms with Crippen molar-refractivity contribution in [2.45, 2.75) is 0 Å². The van der Waals surface area contributed by atoms with E-state index in [-0.39, 0.29) is 0 Å². The van der Waals surface area contributed by atoms with E-state index in [2.05, 4.69) is 21.2 Å². The third-order valence-corrected chi connectivity index (χ3v) is 2.10. The van der Waals surface area contributed by atoms with E-state index < -0.39 is 17.6 Å². The van der Waals surface area contributed by atoms with Gasteiger partial charge in [0, 0.05) is 10.2 Å². The molecule has 0 spiro atoms. The van der Waals surface area contributed by atoms with E-state index in [9.17, 15) is 9.59 Å². The SMILES string of the molecule is O=C(O)C=C(Nc1cccc(Br)c1)C(=O)O. The van der Waals surface area contributed by atoms with Gasteiger partial charge in [0.15, 0.2) is 0 Å². The molecule has 1 aromatic carbocycles. The molecule has 0 saturated heterocycles. The molecule has 16 heavy (non-hydrogen) atoms. The van der Waals surface area contributed by atoms with Crippen LogP contribution in [0, 0.1) is 0 Å². The van der Waals surface area contributed by atoms with E-state index >= 15 is 0 Å². The van der Waals surface area contributed by atoms with Gasteiger partial charge >= 0.3 is 11.9 Å². The minimum Gasteiger partial charge on any atom is -0.478 e. The van der Waals surface area contributed by atoms with Crippen LogP contribution in [-0.4, -0.2) is 22.2 Å². The summed E-state index contributed by atoms with van der Waals surface area (Å²) in [5, 5.41) is 19.7. The standard InChI is InChI=1S/C10H8BrNO4/c11-6-2-1-3-7(4-6)12-8(10(15)16)5-9(13)14/h1-5,12H,(H,13,14)(H,15,16). The van der Waals surface area contributed by atoms with Crippen molar-refractivity contribution in [3.05, 3.63) is 40.5 Å². The van der Waals surface area contributed by atoms with Crippen LogP contribution in [0.4, 0.5) is 5.69 Å². The number of aliphatic carboxylic acids is 2. The highest BCUT2D eigenvalue weighted by molar-refractivity contribution is 9.10. The van der Waals surface area contributed by atoms with Crippen LogP contribution in [-0.2, 0) is 9.59 Å². The smallest absolute Gasteiger partial charge is 0.352 e. The van der Waals surface area contributed by atoms with Gasteiger partial charge < -0.3 is 15.5 Å². The second-order valence-electron chi connectivity index (χ2n) is 2.84. The summed E-state index contributed by atoms with van der Waals surface area (Å²) < 4.78 is 0.762. The van der Waals surface area contributed by atoms with Crippen molar-refractivity contribution in [2.24, 2.45) is 0 Å². The van der Waals surface area contributed by atoms with Crippen LogP contribution in [0.15, 0.2) is 40.5 Å². The molecule has 3 N–H and O–H groups in total. The molecule has 0 radical (unpaired) electrons. The van der Waals surface area contributed by atoms with Gasteiger partial charge in [-0.05, 0) is 18.2 Å². The Morgan fingerprint density at radius 1 is 1.31 bits per heavy atom. The highest BCUT2D eigenvalue weighted by Crippen LogP contribution is 2.17. The van der Waals surface area contributed by atoms with Crippen molar-refractivity contribution < 1.29 is 19.8 Å². The number of hydrogen-bond acceptors (Lipinski definition) is 3. The summed E-state index contributed by atoms with van der Waals surface area (Å²) in [6.07, 6.45) is 0.600. The minimum absolute atomic E-state index is 0.398. The predicted molar refractivity (Wildman–Crippen MR) is 61.1 cm³/mol. The van der Waals surface area contributed by atoms with Crippen molar-refractivity contribution in [1.82, 2.24) is 0 Å². The van der Waals surface area contributed by atoms with Gasteiger partial charge in [-0.2, -0.15) is 0 Å². The van der Waals surface area contributed by atoms with Crippen molar-refractivity contribution in [3.63, 3.8) is 0 Å². The lowest BCUT2D eigenvalue weighted by atomic mass is 10.3. The normalized spacial score (nSPS) is 10.9. The molecular formula is C10H8BrNO4. The van der Waals surface area contributed by atoms with Gasteiger partial charge in [-0.3, -0.25) is 0 Å². The fourth-order valence-corrected chi connectivity index (χ4v) is 1.40. The molecule has 0 fully saturated rings. The number of anilines is 1. The van der Waals surface area contributed by atoms with Crippen molar-refractivity contribution >= 4 is 33.6 Å². The number of carboxylic acid groups (broad SMARTS) is 2. The monoisotopic (exact) mass is 285 g/mol. The van der Waals surface area contributed by atoms with E-state index in [1.807, 2.05) is 0 Å². The van der Waals surface area contributed by atoms with Crippen molar-refractivity contribution in [1.29, 1.82) is 0 Å². The maximum absolute atomic E-state index is 10.7. The lowest BCUT2D eigenvalue weighted by Gasteiger charge is -2.06. The van der Waals surface area contributed by atoms with E-state index in [1.54, 1.807) is 24.3 Å². The molecule has 84 valence electrons. The molecule has 0 amide bonds. The lowest BCUT2D eigenvalue weighted by Crippen LogP contribution is -2.12. The highest BCUT2D eigenvalue weighted by atomic mass is 79.9. The number of carbonyl (C=O) groups is 2. The molecule has 0 aliphatic carbocycles. The van der Waals surface area contributed by atoms with E-state index in [1.165, 1.54) is 0 Å². The van der Waals surface area contributed by atoms with Gasteiger partial charge in [0.25, 0.3) is 0 Å². The topological polar surface area (TPSA) is 86.6 Å². The van der Waals surface area contributed by atoms with Crippen molar-refractivity contribution in [3.8, 4) is 0 Å². The predicted octanol–water partition coefficient (Wildman–Crippen LogP) is 1.91. The van der Waals surface area contributed by atoms with Gasteiger partial charge in [-0.15, -0.1) is 0 Å². The number of carboxylic acids is 2. The van der Waals surface area contributed by atoms with Crippen molar-refractivity contribution in [2.75, 3.05) is 5.32 Å². The van der Waals surface area contributed by atoms with E-state index in [0.717, 1.165) is 4.47 Å². The molecule has 0 aromatic heterocycles. The molecule has 0 aliphatic rings. The summed E-state index contributed by atoms with van der Waals surface area (Å²) in [6.45, 7) is 0. The second-order valence-corrected chi connectivity index (χ2v) is 3.75. The molecule has 0 aliphatic heterocycles. The molecule has 0 heterocycles. The number of benzene rings is 1. The second kappa shape index (κ2) is 5.32. The van der Waals surface area contributed by atoms with Crippen LogP contribution >= 0.6 is 15.9 Å². The van der Waals surface area contributed by atoms with Gasteiger partial charge in [-0.1, -0.05) is 22.0 Å². The lowest BCUT2D eigenvalue weighted by molar-refractivity contribution is -0.134. The fourth-order valence-electron chi connectivity index (χ4n) is 0.997. The van der Waals surface area contributed by atoms with Crippen LogP contribution in [0.3, 0.4) is 0 Å². The summed E-state index contributed by atoms with van der Waals surface area (Å²) in [7, 11) is 0. The Bertz CT molecular complexity index is 456. The number of rotatable bonds is 4. The van der Waals surface area contributed by atoms with Gasteiger partial charge in [0.2, 0.25) is 0 Å². The fraction of sp³-hybridized carbons (Fsp3) is 0. The molecule has 0 atom stereocenters. The van der Waals surface area contributed by atoms with Crippen LogP contribution < -0.4 is 5.32 Å². The molecule has 6 heteroatoms. The number of halogens is 1. The molecule has 0 saturated carbocycles. The zero-order chi connectivity index (χ0) is 12.1. The van der Waals surface area contributed by atoms with Gasteiger partial charge in [-0.25, -0.2) is 9.59 Å². The quantitative estimate of drug-likeness (QED) is 0.736. The first-order valence-electron chi connectivity index (χ1n) is 4.19. The van der Waals surface area contributed by atoms with Crippen LogP contribution in [0.5, 0.6) is 0 Å². The summed E-state index contributed by atoms with van der Waals surface area (Å²) in [5.74, 6) is -2.65. The Balaban J connectivity index is 2.93. The van der Waals surface area contributed by atoms with Crippen LogP contribution in [0.25, 0.3) is 0 Å². The molecular weight excluding hydrogens is 278 g/mol. The average Bonchev–Trinajstić information content (AvgIpc) is 2.15. The summed E-state index contributed by atoms with van der Waals surface area (Å²) >= 11 is 3.22. The Morgan fingerprint density at radius 3 is 2.50 bits per heavy atom. The first kappa shape index (κ1) is 12.3. The molecule has 1 rings (SSSR count). The highest BCUT2D eigenvalue weighted by Gasteiger charge is 2.09. The van der Waals surface area contributed by atoms with Gasteiger partial charge in [0.1, 0.15) is 5.70 Å². The largest absolute Gasteiger partial charge is 0.478 e. The maximum Gasteiger partial charge on any atom is 0.352 e. The summed E-state index contributed by atoms with van der Waals surface area (Å²) in [6, 6.07) is 6.74. The minimum atomic E-state index is -1.33. The molecule has 0 bridgehead atoms. The summed E-state index contributed by atoms with van der Waals surface area (Å²) in [5.41, 5.74) is 0.0925. The van der Waals surface area contributed by atoms with Crippen LogP contribution in [0.2, 0.25) is 0 Å². The zero-order valence-corrected chi connectivity index (χ0v) is 9.56. The summed E-state index contributed by atoms with van der Waals surface area (Å²) in [4.78, 5) is 21.1. The van der Waals surface area contributed by atoms with E-state index in [4.69, 9.17) is 10.2 Å². The number of nitrogens with one attached hydrogen (secondary N) is 1. The Labute approximate surface area is 99.5 Å². The zero-order valence-electron chi connectivity index (χ0n) is 7.98. The first-order chi connectivity index (χ1) is 7.49. The Hall–Kier alpha value is -1.82. The number of hydrogen-bond donors (Lipinski definition) is 3. The molecule has 0 unspecified atom stereocenters. The average molecular weight is 286 g/mol.